The van der Waals surface area contributed by atoms with Gasteiger partial charge in [-0.15, -0.1) is 0 Å². The van der Waals surface area contributed by atoms with Gasteiger partial charge in [0.25, 0.3) is 0 Å². The van der Waals surface area contributed by atoms with Crippen LogP contribution in [0.15, 0.2) is 89.8 Å². The number of benzene rings is 3. The molecule has 0 aromatic heterocycles. The van der Waals surface area contributed by atoms with E-state index in [9.17, 15) is 19.8 Å². The van der Waals surface area contributed by atoms with E-state index in [4.69, 9.17) is 14.2 Å². The molecule has 0 unspecified atom stereocenters. The molecule has 3 aromatic rings. The van der Waals surface area contributed by atoms with Crippen LogP contribution in [0.1, 0.15) is 26.3 Å². The number of rotatable bonds is 7. The van der Waals surface area contributed by atoms with E-state index >= 15 is 0 Å². The zero-order chi connectivity index (χ0) is 24.8. The molecule has 0 spiro atoms. The molecule has 1 saturated heterocycles. The van der Waals surface area contributed by atoms with Crippen LogP contribution in [0.25, 0.3) is 0 Å². The quantitative estimate of drug-likeness (QED) is 0.481. The standard InChI is InChI=1S/C27H26O7S/c1-17-12-14-20(15-13-17)35-27-24(34-26(31)19-10-6-3-7-11-19)23(22(29)21(16-28)32-27)33-25(30)18-8-4-2-5-9-18/h2-15,21-24,27-29H,16H2,1H3/t21-,22-,23+,24-,27+/m1/s1. The fraction of sp³-hybridized carbons (Fsp3) is 0.259. The Morgan fingerprint density at radius 2 is 1.34 bits per heavy atom. The first-order valence-corrected chi connectivity index (χ1v) is 12.0. The van der Waals surface area contributed by atoms with Gasteiger partial charge in [0.15, 0.2) is 12.2 Å². The summed E-state index contributed by atoms with van der Waals surface area (Å²) in [5.74, 6) is -1.34. The van der Waals surface area contributed by atoms with E-state index < -0.39 is 48.4 Å². The van der Waals surface area contributed by atoms with Crippen molar-refractivity contribution in [1.82, 2.24) is 0 Å². The van der Waals surface area contributed by atoms with E-state index in [1.54, 1.807) is 60.7 Å². The minimum absolute atomic E-state index is 0.280. The molecule has 3 aromatic carbocycles. The second-order valence-electron chi connectivity index (χ2n) is 8.12. The third-order valence-electron chi connectivity index (χ3n) is 5.58. The summed E-state index contributed by atoms with van der Waals surface area (Å²) in [6.07, 6.45) is -4.89. The predicted molar refractivity (Wildman–Crippen MR) is 130 cm³/mol. The number of hydrogen-bond donors (Lipinski definition) is 2. The molecule has 182 valence electrons. The second-order valence-corrected chi connectivity index (χ2v) is 9.29. The van der Waals surface area contributed by atoms with Crippen molar-refractivity contribution in [3.05, 3.63) is 102 Å². The number of ether oxygens (including phenoxy) is 3. The average molecular weight is 495 g/mol. The zero-order valence-corrected chi connectivity index (χ0v) is 19.8. The zero-order valence-electron chi connectivity index (χ0n) is 19.0. The van der Waals surface area contributed by atoms with E-state index in [0.717, 1.165) is 10.5 Å². The van der Waals surface area contributed by atoms with Gasteiger partial charge in [0.1, 0.15) is 17.6 Å². The van der Waals surface area contributed by atoms with Crippen LogP contribution in [-0.4, -0.2) is 58.6 Å². The van der Waals surface area contributed by atoms with Crippen molar-refractivity contribution in [1.29, 1.82) is 0 Å². The molecule has 0 bridgehead atoms. The Bertz CT molecular complexity index is 1120. The molecule has 2 N–H and O–H groups in total. The van der Waals surface area contributed by atoms with Crippen molar-refractivity contribution < 1.29 is 34.0 Å². The Morgan fingerprint density at radius 1 is 0.829 bits per heavy atom. The molecule has 0 aliphatic carbocycles. The van der Waals surface area contributed by atoms with Gasteiger partial charge >= 0.3 is 11.9 Å². The van der Waals surface area contributed by atoms with Crippen molar-refractivity contribution in [3.8, 4) is 0 Å². The summed E-state index contributed by atoms with van der Waals surface area (Å²) in [5, 5.41) is 20.8. The Labute approximate surface area is 207 Å². The number of aliphatic hydroxyl groups excluding tert-OH is 2. The minimum atomic E-state index is -1.42. The first-order chi connectivity index (χ1) is 17.0. The SMILES string of the molecule is Cc1ccc(S[C@@H]2O[C@H](CO)[C@@H](O)[C@H](OC(=O)c3ccccc3)[C@H]2OC(=O)c2ccccc2)cc1. The number of aryl methyl sites for hydroxylation is 1. The van der Waals surface area contributed by atoms with Crippen LogP contribution in [-0.2, 0) is 14.2 Å². The number of thioether (sulfide) groups is 1. The maximum absolute atomic E-state index is 13.0. The number of carbonyl (C=O) groups excluding carboxylic acids is 2. The third kappa shape index (κ3) is 6.10. The molecule has 1 fully saturated rings. The molecule has 1 heterocycles. The fourth-order valence-electron chi connectivity index (χ4n) is 3.68. The van der Waals surface area contributed by atoms with Gasteiger partial charge in [-0.3, -0.25) is 0 Å². The highest BCUT2D eigenvalue weighted by molar-refractivity contribution is 7.99. The molecule has 1 aliphatic rings. The number of esters is 2. The predicted octanol–water partition coefficient (Wildman–Crippen LogP) is 3.62. The maximum Gasteiger partial charge on any atom is 0.338 e. The molecule has 8 heteroatoms. The molecule has 0 saturated carbocycles. The Hall–Kier alpha value is -3.17. The van der Waals surface area contributed by atoms with Crippen LogP contribution in [0.2, 0.25) is 0 Å². The summed E-state index contributed by atoms with van der Waals surface area (Å²) in [7, 11) is 0. The second kappa shape index (κ2) is 11.5. The Kier molecular flexibility index (Phi) is 8.20. The molecule has 4 rings (SSSR count). The highest BCUT2D eigenvalue weighted by atomic mass is 32.2. The van der Waals surface area contributed by atoms with Gasteiger partial charge in [-0.25, -0.2) is 9.59 Å². The summed E-state index contributed by atoms with van der Waals surface area (Å²) in [5.41, 5.74) is 0.796. The number of hydrogen-bond acceptors (Lipinski definition) is 8. The summed E-state index contributed by atoms with van der Waals surface area (Å²) >= 11 is 1.25. The molecular weight excluding hydrogens is 468 g/mol. The van der Waals surface area contributed by atoms with Crippen LogP contribution in [0.5, 0.6) is 0 Å². The number of carbonyl (C=O) groups is 2. The van der Waals surface area contributed by atoms with Gasteiger partial charge in [0, 0.05) is 4.90 Å². The lowest BCUT2D eigenvalue weighted by molar-refractivity contribution is -0.206. The van der Waals surface area contributed by atoms with Gasteiger partial charge in [-0.2, -0.15) is 0 Å². The lowest BCUT2D eigenvalue weighted by Crippen LogP contribution is -2.60. The van der Waals surface area contributed by atoms with E-state index in [1.165, 1.54) is 11.8 Å². The number of aliphatic hydroxyl groups is 2. The van der Waals surface area contributed by atoms with E-state index in [-0.39, 0.29) is 5.56 Å². The molecule has 1 aliphatic heterocycles. The first kappa shape index (κ1) is 24.9. The summed E-state index contributed by atoms with van der Waals surface area (Å²) in [6, 6.07) is 24.4. The summed E-state index contributed by atoms with van der Waals surface area (Å²) in [6.45, 7) is 1.46. The molecule has 7 nitrogen and oxygen atoms in total. The smallest absolute Gasteiger partial charge is 0.338 e. The van der Waals surface area contributed by atoms with E-state index in [2.05, 4.69) is 0 Å². The van der Waals surface area contributed by atoms with Crippen molar-refractivity contribution in [2.75, 3.05) is 6.61 Å². The van der Waals surface area contributed by atoms with Gasteiger partial charge in [0.2, 0.25) is 0 Å². The summed E-state index contributed by atoms with van der Waals surface area (Å²) in [4.78, 5) is 26.7. The monoisotopic (exact) mass is 494 g/mol. The first-order valence-electron chi connectivity index (χ1n) is 11.2. The van der Waals surface area contributed by atoms with E-state index in [1.807, 2.05) is 31.2 Å². The Balaban J connectivity index is 1.66. The minimum Gasteiger partial charge on any atom is -0.452 e. The average Bonchev–Trinajstić information content (AvgIpc) is 2.89. The molecule has 0 amide bonds. The van der Waals surface area contributed by atoms with Crippen molar-refractivity contribution >= 4 is 23.7 Å². The maximum atomic E-state index is 13.0. The van der Waals surface area contributed by atoms with Crippen LogP contribution in [0, 0.1) is 6.92 Å². The van der Waals surface area contributed by atoms with E-state index in [0.29, 0.717) is 5.56 Å². The normalized spacial score (nSPS) is 23.9. The van der Waals surface area contributed by atoms with Crippen molar-refractivity contribution in [2.45, 2.75) is 41.7 Å². The van der Waals surface area contributed by atoms with Crippen LogP contribution in [0.3, 0.4) is 0 Å². The lowest BCUT2D eigenvalue weighted by Gasteiger charge is -2.42. The van der Waals surface area contributed by atoms with Crippen LogP contribution in [0.4, 0.5) is 0 Å². The highest BCUT2D eigenvalue weighted by Gasteiger charge is 2.50. The lowest BCUT2D eigenvalue weighted by atomic mass is 9.99. The largest absolute Gasteiger partial charge is 0.452 e. The summed E-state index contributed by atoms with van der Waals surface area (Å²) < 4.78 is 17.4. The highest BCUT2D eigenvalue weighted by Crippen LogP contribution is 2.37. The van der Waals surface area contributed by atoms with Crippen LogP contribution >= 0.6 is 11.8 Å². The van der Waals surface area contributed by atoms with Gasteiger partial charge in [0.05, 0.1) is 17.7 Å². The fourth-order valence-corrected chi connectivity index (χ4v) is 4.78. The molecule has 0 radical (unpaired) electrons. The molecule has 35 heavy (non-hydrogen) atoms. The van der Waals surface area contributed by atoms with Crippen molar-refractivity contribution in [3.63, 3.8) is 0 Å². The molecule has 5 atom stereocenters. The Morgan fingerprint density at radius 3 is 1.86 bits per heavy atom. The van der Waals surface area contributed by atoms with Gasteiger partial charge in [-0.05, 0) is 43.3 Å². The van der Waals surface area contributed by atoms with Crippen LogP contribution < -0.4 is 0 Å². The third-order valence-corrected chi connectivity index (χ3v) is 6.73. The topological polar surface area (TPSA) is 102 Å². The van der Waals surface area contributed by atoms with Gasteiger partial charge < -0.3 is 24.4 Å². The molecular formula is C27H26O7S. The van der Waals surface area contributed by atoms with Gasteiger partial charge in [-0.1, -0.05) is 65.9 Å². The van der Waals surface area contributed by atoms with Crippen molar-refractivity contribution in [2.24, 2.45) is 0 Å².